The van der Waals surface area contributed by atoms with Gasteiger partial charge in [-0.05, 0) is 60.3 Å². The predicted octanol–water partition coefficient (Wildman–Crippen LogP) is 3.01. The largest absolute Gasteiger partial charge is 0.341 e. The molecule has 6 nitrogen and oxygen atoms in total. The van der Waals surface area contributed by atoms with Crippen LogP contribution in [0.25, 0.3) is 0 Å². The second kappa shape index (κ2) is 11.1. The molecule has 2 amide bonds. The summed E-state index contributed by atoms with van der Waals surface area (Å²) in [7, 11) is 0. The zero-order valence-electron chi connectivity index (χ0n) is 14.4. The van der Waals surface area contributed by atoms with E-state index in [1.165, 1.54) is 0 Å². The quantitative estimate of drug-likeness (QED) is 0.716. The van der Waals surface area contributed by atoms with Crippen molar-refractivity contribution in [2.45, 2.75) is 38.1 Å². The standard InChI is InChI=1S/C17H23BrN4O2.2ClH/c18-13-4-5-15(20-11-13)21-16(23)12-6-9-22(10-7-12)17(24)14-3-1-2-8-19-14;;/h4-5,11-12,14,19H,1-3,6-10H2,(H,20,21,23);2*1H. The Morgan fingerprint density at radius 1 is 1.15 bits per heavy atom. The molecule has 1 atom stereocenters. The normalized spacial score (nSPS) is 20.5. The minimum absolute atomic E-state index is 0. The van der Waals surface area contributed by atoms with Crippen LogP contribution in [0.15, 0.2) is 22.8 Å². The number of amides is 2. The first-order valence-corrected chi connectivity index (χ1v) is 9.37. The minimum atomic E-state index is -0.0567. The maximum atomic E-state index is 12.5. The van der Waals surface area contributed by atoms with E-state index in [9.17, 15) is 9.59 Å². The number of piperidine rings is 2. The highest BCUT2D eigenvalue weighted by molar-refractivity contribution is 9.10. The molecular formula is C17H25BrCl2N4O2. The van der Waals surface area contributed by atoms with Crippen molar-refractivity contribution >= 4 is 58.4 Å². The van der Waals surface area contributed by atoms with Gasteiger partial charge in [0.2, 0.25) is 11.8 Å². The van der Waals surface area contributed by atoms with Crippen molar-refractivity contribution in [3.05, 3.63) is 22.8 Å². The molecule has 3 heterocycles. The molecule has 26 heavy (non-hydrogen) atoms. The third kappa shape index (κ3) is 6.08. The number of carbonyl (C=O) groups is 2. The van der Waals surface area contributed by atoms with Gasteiger partial charge in [0.15, 0.2) is 0 Å². The summed E-state index contributed by atoms with van der Waals surface area (Å²) in [6, 6.07) is 3.59. The maximum Gasteiger partial charge on any atom is 0.239 e. The number of nitrogens with one attached hydrogen (secondary N) is 2. The molecule has 3 rings (SSSR count). The Kier molecular flexibility index (Phi) is 9.85. The monoisotopic (exact) mass is 466 g/mol. The lowest BCUT2D eigenvalue weighted by atomic mass is 9.94. The fraction of sp³-hybridized carbons (Fsp3) is 0.588. The first-order chi connectivity index (χ1) is 11.6. The highest BCUT2D eigenvalue weighted by atomic mass is 79.9. The summed E-state index contributed by atoms with van der Waals surface area (Å²) in [6.07, 6.45) is 6.27. The lowest BCUT2D eigenvalue weighted by Gasteiger charge is -2.35. The summed E-state index contributed by atoms with van der Waals surface area (Å²) in [5.41, 5.74) is 0. The van der Waals surface area contributed by atoms with Crippen molar-refractivity contribution in [1.82, 2.24) is 15.2 Å². The van der Waals surface area contributed by atoms with Crippen LogP contribution in [0.2, 0.25) is 0 Å². The number of aromatic nitrogens is 1. The Balaban J connectivity index is 0.00000169. The van der Waals surface area contributed by atoms with Gasteiger partial charge in [0, 0.05) is 29.7 Å². The molecule has 1 unspecified atom stereocenters. The second-order valence-electron chi connectivity index (χ2n) is 6.45. The average molecular weight is 468 g/mol. The smallest absolute Gasteiger partial charge is 0.239 e. The van der Waals surface area contributed by atoms with Gasteiger partial charge in [-0.3, -0.25) is 9.59 Å². The molecule has 0 bridgehead atoms. The second-order valence-corrected chi connectivity index (χ2v) is 7.37. The summed E-state index contributed by atoms with van der Waals surface area (Å²) in [5.74, 6) is 0.697. The molecule has 0 radical (unpaired) electrons. The molecule has 0 saturated carbocycles. The fourth-order valence-corrected chi connectivity index (χ4v) is 3.56. The lowest BCUT2D eigenvalue weighted by molar-refractivity contribution is -0.137. The molecule has 9 heteroatoms. The summed E-state index contributed by atoms with van der Waals surface area (Å²) >= 11 is 3.32. The predicted molar refractivity (Wildman–Crippen MR) is 110 cm³/mol. The summed E-state index contributed by atoms with van der Waals surface area (Å²) in [4.78, 5) is 30.9. The molecule has 2 aliphatic heterocycles. The molecule has 2 N–H and O–H groups in total. The van der Waals surface area contributed by atoms with E-state index in [-0.39, 0.29) is 48.6 Å². The van der Waals surface area contributed by atoms with Crippen LogP contribution >= 0.6 is 40.7 Å². The van der Waals surface area contributed by atoms with Gasteiger partial charge in [-0.1, -0.05) is 6.42 Å². The van der Waals surface area contributed by atoms with Crippen molar-refractivity contribution in [2.24, 2.45) is 5.92 Å². The number of nitrogens with zero attached hydrogens (tertiary/aromatic N) is 2. The Morgan fingerprint density at radius 2 is 1.88 bits per heavy atom. The number of rotatable bonds is 3. The molecule has 0 spiro atoms. The molecular weight excluding hydrogens is 443 g/mol. The molecule has 2 saturated heterocycles. The van der Waals surface area contributed by atoms with E-state index in [0.717, 1.165) is 30.3 Å². The van der Waals surface area contributed by atoms with Gasteiger partial charge < -0.3 is 15.5 Å². The Morgan fingerprint density at radius 3 is 2.46 bits per heavy atom. The topological polar surface area (TPSA) is 74.3 Å². The maximum absolute atomic E-state index is 12.5. The van der Waals surface area contributed by atoms with E-state index >= 15 is 0 Å². The van der Waals surface area contributed by atoms with Crippen LogP contribution in [0.3, 0.4) is 0 Å². The Bertz CT molecular complexity index is 589. The average Bonchev–Trinajstić information content (AvgIpc) is 2.64. The molecule has 2 aliphatic rings. The van der Waals surface area contributed by atoms with Gasteiger partial charge in [-0.2, -0.15) is 0 Å². The highest BCUT2D eigenvalue weighted by Gasteiger charge is 2.31. The van der Waals surface area contributed by atoms with Gasteiger partial charge in [0.1, 0.15) is 5.82 Å². The Hall–Kier alpha value is -0.890. The number of hydrogen-bond donors (Lipinski definition) is 2. The summed E-state index contributed by atoms with van der Waals surface area (Å²) < 4.78 is 0.878. The molecule has 1 aromatic heterocycles. The van der Waals surface area contributed by atoms with Crippen LogP contribution in [0, 0.1) is 5.92 Å². The van der Waals surface area contributed by atoms with E-state index in [2.05, 4.69) is 31.5 Å². The molecule has 0 aliphatic carbocycles. The van der Waals surface area contributed by atoms with Gasteiger partial charge in [0.05, 0.1) is 6.04 Å². The van der Waals surface area contributed by atoms with Crippen molar-refractivity contribution < 1.29 is 9.59 Å². The van der Waals surface area contributed by atoms with Crippen LogP contribution in [0.5, 0.6) is 0 Å². The number of hydrogen-bond acceptors (Lipinski definition) is 4. The fourth-order valence-electron chi connectivity index (χ4n) is 3.32. The van der Waals surface area contributed by atoms with Crippen LogP contribution in [-0.4, -0.2) is 47.4 Å². The summed E-state index contributed by atoms with van der Waals surface area (Å²) in [6.45, 7) is 2.24. The van der Waals surface area contributed by atoms with E-state index in [0.29, 0.717) is 31.7 Å². The number of pyridine rings is 1. The van der Waals surface area contributed by atoms with E-state index < -0.39 is 0 Å². The highest BCUT2D eigenvalue weighted by Crippen LogP contribution is 2.21. The van der Waals surface area contributed by atoms with E-state index in [1.54, 1.807) is 12.3 Å². The van der Waals surface area contributed by atoms with Crippen molar-refractivity contribution in [3.63, 3.8) is 0 Å². The van der Waals surface area contributed by atoms with Crippen molar-refractivity contribution in [1.29, 1.82) is 0 Å². The number of halogens is 3. The van der Waals surface area contributed by atoms with Crippen LogP contribution in [-0.2, 0) is 9.59 Å². The minimum Gasteiger partial charge on any atom is -0.341 e. The first kappa shape index (κ1) is 23.1. The molecule has 1 aromatic rings. The lowest BCUT2D eigenvalue weighted by Crippen LogP contribution is -2.51. The van der Waals surface area contributed by atoms with Gasteiger partial charge in [0.25, 0.3) is 0 Å². The molecule has 0 aromatic carbocycles. The number of carbonyl (C=O) groups excluding carboxylic acids is 2. The van der Waals surface area contributed by atoms with Gasteiger partial charge in [-0.25, -0.2) is 4.98 Å². The van der Waals surface area contributed by atoms with Crippen molar-refractivity contribution in [3.8, 4) is 0 Å². The van der Waals surface area contributed by atoms with E-state index in [1.807, 2.05) is 11.0 Å². The third-order valence-electron chi connectivity index (χ3n) is 4.76. The zero-order valence-corrected chi connectivity index (χ0v) is 17.7. The van der Waals surface area contributed by atoms with Crippen LogP contribution < -0.4 is 10.6 Å². The molecule has 146 valence electrons. The van der Waals surface area contributed by atoms with Gasteiger partial charge >= 0.3 is 0 Å². The van der Waals surface area contributed by atoms with Crippen LogP contribution in [0.1, 0.15) is 32.1 Å². The zero-order chi connectivity index (χ0) is 16.9. The van der Waals surface area contributed by atoms with E-state index in [4.69, 9.17) is 0 Å². The Labute approximate surface area is 174 Å². The first-order valence-electron chi connectivity index (χ1n) is 8.58. The number of likely N-dealkylation sites (tertiary alicyclic amines) is 1. The molecule has 2 fully saturated rings. The van der Waals surface area contributed by atoms with Gasteiger partial charge in [-0.15, -0.1) is 24.8 Å². The SMILES string of the molecule is Cl.Cl.O=C(Nc1ccc(Br)cn1)C1CCN(C(=O)C2CCCCN2)CC1. The number of anilines is 1. The summed E-state index contributed by atoms with van der Waals surface area (Å²) in [5, 5.41) is 6.16. The van der Waals surface area contributed by atoms with Crippen LogP contribution in [0.4, 0.5) is 5.82 Å². The third-order valence-corrected chi connectivity index (χ3v) is 5.23. The van der Waals surface area contributed by atoms with Crippen molar-refractivity contribution in [2.75, 3.05) is 25.0 Å².